The van der Waals surface area contributed by atoms with Crippen LogP contribution in [0.2, 0.25) is 0 Å². The van der Waals surface area contributed by atoms with Crippen LogP contribution in [0.4, 0.5) is 10.7 Å². The third-order valence-electron chi connectivity index (χ3n) is 6.47. The number of amides is 1. The lowest BCUT2D eigenvalue weighted by Crippen LogP contribution is -2.37. The Bertz CT molecular complexity index is 1230. The summed E-state index contributed by atoms with van der Waals surface area (Å²) in [5.74, 6) is 0.628. The zero-order valence-corrected chi connectivity index (χ0v) is 20.6. The molecule has 2 unspecified atom stereocenters. The van der Waals surface area contributed by atoms with Crippen molar-refractivity contribution in [3.63, 3.8) is 0 Å². The number of epoxide rings is 1. The first-order chi connectivity index (χ1) is 17.2. The lowest BCUT2D eigenvalue weighted by molar-refractivity contribution is 0.255. The number of fused-ring (bicyclic) bond motifs is 1. The predicted molar refractivity (Wildman–Crippen MR) is 139 cm³/mol. The number of nitrogens with zero attached hydrogens (tertiary/aromatic N) is 3. The molecule has 0 radical (unpaired) electrons. The van der Waals surface area contributed by atoms with Crippen LogP contribution in [0.5, 0.6) is 0 Å². The molecule has 2 aliphatic heterocycles. The average Bonchev–Trinajstić information content (AvgIpc) is 3.44. The summed E-state index contributed by atoms with van der Waals surface area (Å²) >= 11 is 2.86. The molecular weight excluding hydrogens is 480 g/mol. The second kappa shape index (κ2) is 10.1. The molecule has 3 N–H and O–H groups in total. The number of thioether (sulfide) groups is 1. The third-order valence-corrected chi connectivity index (χ3v) is 8.04. The summed E-state index contributed by atoms with van der Waals surface area (Å²) < 4.78 is 5.48. The number of carbonyl (C=O) groups is 1. The summed E-state index contributed by atoms with van der Waals surface area (Å²) in [4.78, 5) is 26.5. The normalized spacial score (nSPS) is 26.7. The zero-order valence-electron chi connectivity index (χ0n) is 19.0. The van der Waals surface area contributed by atoms with Gasteiger partial charge in [0.2, 0.25) is 5.95 Å². The fraction of sp³-hybridized carbons (Fsp3) is 0.360. The van der Waals surface area contributed by atoms with Crippen molar-refractivity contribution in [1.82, 2.24) is 25.6 Å². The zero-order chi connectivity index (χ0) is 23.6. The van der Waals surface area contributed by atoms with E-state index in [9.17, 15) is 4.79 Å². The Balaban J connectivity index is 0.996. The van der Waals surface area contributed by atoms with Gasteiger partial charge in [-0.2, -0.15) is 11.3 Å². The molecule has 1 amide bonds. The van der Waals surface area contributed by atoms with E-state index in [1.54, 1.807) is 17.5 Å². The van der Waals surface area contributed by atoms with Gasteiger partial charge >= 0.3 is 0 Å². The van der Waals surface area contributed by atoms with Crippen LogP contribution in [0.15, 0.2) is 52.2 Å². The molecule has 3 aromatic heterocycles. The molecule has 0 aromatic carbocycles. The molecule has 35 heavy (non-hydrogen) atoms. The van der Waals surface area contributed by atoms with Crippen LogP contribution in [0.3, 0.4) is 0 Å². The highest BCUT2D eigenvalue weighted by Gasteiger charge is 2.48. The Labute approximate surface area is 212 Å². The standard InChI is InChI=1S/C25H26N6O2S2/c32-25-31-23-22(33-23)21(35-25)12-18-8-10-26-24(30-18)29-17-6-4-16(5-7-17)27-13-19-2-1-3-20(28-19)15-9-11-34-14-15/h1-3,8-12,14,16-17,22-23,27H,4-7,13H2,(H,31,32)(H,26,29,30)/b21-12-. The van der Waals surface area contributed by atoms with Crippen molar-refractivity contribution in [2.75, 3.05) is 5.32 Å². The van der Waals surface area contributed by atoms with E-state index in [0.717, 1.165) is 54.2 Å². The summed E-state index contributed by atoms with van der Waals surface area (Å²) in [6, 6.07) is 11.0. The molecule has 1 aliphatic carbocycles. The Morgan fingerprint density at radius 3 is 2.86 bits per heavy atom. The molecule has 1 saturated carbocycles. The van der Waals surface area contributed by atoms with Crippen molar-refractivity contribution in [2.45, 2.75) is 56.6 Å². The summed E-state index contributed by atoms with van der Waals surface area (Å²) in [6.07, 6.45) is 7.76. The van der Waals surface area contributed by atoms with Gasteiger partial charge in [0.05, 0.1) is 17.1 Å². The van der Waals surface area contributed by atoms with Crippen molar-refractivity contribution in [1.29, 1.82) is 0 Å². The first kappa shape index (κ1) is 22.7. The number of hydrogen-bond acceptors (Lipinski definition) is 9. The second-order valence-corrected chi connectivity index (χ2v) is 10.8. The van der Waals surface area contributed by atoms with Crippen LogP contribution in [0.25, 0.3) is 17.3 Å². The van der Waals surface area contributed by atoms with E-state index in [2.05, 4.69) is 60.9 Å². The minimum Gasteiger partial charge on any atom is -0.351 e. The summed E-state index contributed by atoms with van der Waals surface area (Å²) in [7, 11) is 0. The number of anilines is 1. The van der Waals surface area contributed by atoms with Gasteiger partial charge in [0.15, 0.2) is 6.23 Å². The highest BCUT2D eigenvalue weighted by atomic mass is 32.2. The summed E-state index contributed by atoms with van der Waals surface area (Å²) in [5, 5.41) is 14.1. The highest BCUT2D eigenvalue weighted by Crippen LogP contribution is 2.40. The van der Waals surface area contributed by atoms with Gasteiger partial charge in [-0.25, -0.2) is 9.97 Å². The maximum Gasteiger partial charge on any atom is 0.285 e. The molecule has 3 aromatic rings. The molecule has 180 valence electrons. The first-order valence-electron chi connectivity index (χ1n) is 11.9. The second-order valence-electron chi connectivity index (χ2n) is 8.96. The van der Waals surface area contributed by atoms with Crippen LogP contribution in [-0.2, 0) is 11.3 Å². The van der Waals surface area contributed by atoms with E-state index in [1.807, 2.05) is 12.1 Å². The molecule has 3 aliphatic rings. The fourth-order valence-electron chi connectivity index (χ4n) is 4.55. The Morgan fingerprint density at radius 2 is 2.00 bits per heavy atom. The number of thiophene rings is 1. The number of pyridine rings is 1. The maximum absolute atomic E-state index is 11.7. The van der Waals surface area contributed by atoms with Gasteiger partial charge < -0.3 is 20.7 Å². The number of ether oxygens (including phenoxy) is 1. The van der Waals surface area contributed by atoms with Crippen molar-refractivity contribution in [2.24, 2.45) is 0 Å². The van der Waals surface area contributed by atoms with Crippen LogP contribution >= 0.6 is 23.1 Å². The number of carbonyl (C=O) groups excluding carboxylic acids is 1. The number of hydrogen-bond donors (Lipinski definition) is 3. The Morgan fingerprint density at radius 1 is 1.11 bits per heavy atom. The van der Waals surface area contributed by atoms with Crippen LogP contribution in [-0.4, -0.2) is 44.6 Å². The minimum absolute atomic E-state index is 0.0415. The van der Waals surface area contributed by atoms with E-state index >= 15 is 0 Å². The smallest absolute Gasteiger partial charge is 0.285 e. The summed E-state index contributed by atoms with van der Waals surface area (Å²) in [6.45, 7) is 0.780. The molecule has 2 saturated heterocycles. The number of rotatable bonds is 7. The van der Waals surface area contributed by atoms with Gasteiger partial charge in [-0.05, 0) is 73.2 Å². The quantitative estimate of drug-likeness (QED) is 0.398. The van der Waals surface area contributed by atoms with Gasteiger partial charge in [-0.3, -0.25) is 9.78 Å². The Hall–Kier alpha value is -2.79. The van der Waals surface area contributed by atoms with Gasteiger partial charge in [0.1, 0.15) is 6.10 Å². The molecule has 3 fully saturated rings. The molecule has 8 nitrogen and oxygen atoms in total. The van der Waals surface area contributed by atoms with Crippen molar-refractivity contribution < 1.29 is 9.53 Å². The van der Waals surface area contributed by atoms with Crippen molar-refractivity contribution >= 4 is 40.4 Å². The SMILES string of the molecule is O=C1NC2OC2/C(=C/c2ccnc(NC3CCC(NCc4cccc(-c5ccsc5)n4)CC3)n2)S1. The molecule has 0 bridgehead atoms. The van der Waals surface area contributed by atoms with E-state index in [1.165, 1.54) is 17.3 Å². The minimum atomic E-state index is -0.182. The maximum atomic E-state index is 11.7. The molecule has 5 heterocycles. The van der Waals surface area contributed by atoms with Gasteiger partial charge in [0, 0.05) is 40.7 Å². The Kier molecular flexibility index (Phi) is 6.51. The lowest BCUT2D eigenvalue weighted by Gasteiger charge is -2.29. The largest absolute Gasteiger partial charge is 0.351 e. The predicted octanol–water partition coefficient (Wildman–Crippen LogP) is 4.64. The average molecular weight is 507 g/mol. The highest BCUT2D eigenvalue weighted by molar-refractivity contribution is 8.17. The topological polar surface area (TPSA) is 104 Å². The molecule has 0 spiro atoms. The van der Waals surface area contributed by atoms with Crippen molar-refractivity contribution in [3.05, 3.63) is 63.6 Å². The lowest BCUT2D eigenvalue weighted by atomic mass is 9.91. The third kappa shape index (κ3) is 5.56. The van der Waals surface area contributed by atoms with Gasteiger partial charge in [0.25, 0.3) is 5.24 Å². The van der Waals surface area contributed by atoms with Crippen molar-refractivity contribution in [3.8, 4) is 11.3 Å². The first-order valence-corrected chi connectivity index (χ1v) is 13.6. The molecule has 6 rings (SSSR count). The van der Waals surface area contributed by atoms with E-state index in [-0.39, 0.29) is 17.6 Å². The van der Waals surface area contributed by atoms with E-state index in [0.29, 0.717) is 18.0 Å². The van der Waals surface area contributed by atoms with Gasteiger partial charge in [-0.1, -0.05) is 6.07 Å². The fourth-order valence-corrected chi connectivity index (χ4v) is 6.07. The van der Waals surface area contributed by atoms with E-state index < -0.39 is 0 Å². The molecule has 2 atom stereocenters. The van der Waals surface area contributed by atoms with Crippen LogP contribution < -0.4 is 16.0 Å². The van der Waals surface area contributed by atoms with Crippen LogP contribution in [0, 0.1) is 0 Å². The molecular formula is C25H26N6O2S2. The van der Waals surface area contributed by atoms with E-state index in [4.69, 9.17) is 9.72 Å². The van der Waals surface area contributed by atoms with Crippen LogP contribution in [0.1, 0.15) is 37.1 Å². The van der Waals surface area contributed by atoms with Gasteiger partial charge in [-0.15, -0.1) is 0 Å². The summed E-state index contributed by atoms with van der Waals surface area (Å²) in [5.41, 5.74) is 4.07. The number of aromatic nitrogens is 3. The number of nitrogens with one attached hydrogen (secondary N) is 3. The molecule has 10 heteroatoms. The monoisotopic (exact) mass is 506 g/mol.